The van der Waals surface area contributed by atoms with Crippen molar-refractivity contribution in [3.63, 3.8) is 0 Å². The summed E-state index contributed by atoms with van der Waals surface area (Å²) in [6.45, 7) is 0. The van der Waals surface area contributed by atoms with Crippen molar-refractivity contribution >= 4 is 27.8 Å². The lowest BCUT2D eigenvalue weighted by Gasteiger charge is -2.05. The van der Waals surface area contributed by atoms with E-state index in [1.54, 1.807) is 0 Å². The van der Waals surface area contributed by atoms with Crippen molar-refractivity contribution in [2.45, 2.75) is 6.42 Å². The van der Waals surface area contributed by atoms with E-state index >= 15 is 0 Å². The largest absolute Gasteiger partial charge is 0.481 e. The minimum Gasteiger partial charge on any atom is -0.481 e. The summed E-state index contributed by atoms with van der Waals surface area (Å²) in [5, 5.41) is 11.4. The molecular weight excluding hydrogens is 298 g/mol. The van der Waals surface area contributed by atoms with Crippen molar-refractivity contribution in [3.05, 3.63) is 72.3 Å². The van der Waals surface area contributed by atoms with Gasteiger partial charge in [-0.2, -0.15) is 0 Å². The van der Waals surface area contributed by atoms with E-state index in [1.807, 2.05) is 24.3 Å². The van der Waals surface area contributed by atoms with Gasteiger partial charge in [-0.25, -0.2) is 0 Å². The third-order valence-electron chi connectivity index (χ3n) is 4.56. The molecule has 4 aromatic rings. The van der Waals surface area contributed by atoms with Gasteiger partial charge < -0.3 is 9.67 Å². The van der Waals surface area contributed by atoms with E-state index < -0.39 is 5.97 Å². The Morgan fingerprint density at radius 1 is 0.875 bits per heavy atom. The Kier molecular flexibility index (Phi) is 3.35. The Morgan fingerprint density at radius 2 is 1.54 bits per heavy atom. The van der Waals surface area contributed by atoms with Crippen LogP contribution in [-0.4, -0.2) is 15.6 Å². The summed E-state index contributed by atoms with van der Waals surface area (Å²) in [7, 11) is 2.09. The Bertz CT molecular complexity index is 1060. The molecule has 3 heteroatoms. The summed E-state index contributed by atoms with van der Waals surface area (Å²) in [5.41, 5.74) is 5.47. The van der Waals surface area contributed by atoms with Crippen molar-refractivity contribution in [3.8, 4) is 11.1 Å². The average Bonchev–Trinajstić information content (AvgIpc) is 2.88. The fraction of sp³-hybridized carbons (Fsp3) is 0.0952. The number of nitrogens with zero attached hydrogens (tertiary/aromatic N) is 1. The second-order valence-electron chi connectivity index (χ2n) is 6.08. The van der Waals surface area contributed by atoms with Crippen LogP contribution in [0.4, 0.5) is 0 Å². The van der Waals surface area contributed by atoms with Crippen molar-refractivity contribution in [2.24, 2.45) is 7.05 Å². The number of aliphatic carboxylic acids is 1. The van der Waals surface area contributed by atoms with Crippen LogP contribution in [0.2, 0.25) is 0 Å². The Balaban J connectivity index is 1.81. The summed E-state index contributed by atoms with van der Waals surface area (Å²) in [4.78, 5) is 10.8. The molecule has 0 unspecified atom stereocenters. The number of carbonyl (C=O) groups is 1. The number of aryl methyl sites for hydroxylation is 1. The predicted molar refractivity (Wildman–Crippen MR) is 97.2 cm³/mol. The minimum absolute atomic E-state index is 0.0581. The first kappa shape index (κ1) is 14.5. The molecule has 3 nitrogen and oxygen atoms in total. The molecule has 0 aliphatic heterocycles. The van der Waals surface area contributed by atoms with Gasteiger partial charge in [-0.05, 0) is 28.8 Å². The lowest BCUT2D eigenvalue weighted by molar-refractivity contribution is -0.136. The zero-order chi connectivity index (χ0) is 16.7. The molecule has 0 saturated carbocycles. The average molecular weight is 315 g/mol. The molecule has 0 bridgehead atoms. The van der Waals surface area contributed by atoms with Crippen molar-refractivity contribution in [1.29, 1.82) is 0 Å². The first-order valence-electron chi connectivity index (χ1n) is 7.92. The van der Waals surface area contributed by atoms with Gasteiger partial charge in [0.2, 0.25) is 0 Å². The topological polar surface area (TPSA) is 42.2 Å². The first-order valence-corrected chi connectivity index (χ1v) is 7.92. The number of hydrogen-bond donors (Lipinski definition) is 1. The maximum Gasteiger partial charge on any atom is 0.307 e. The lowest BCUT2D eigenvalue weighted by Crippen LogP contribution is -1.99. The molecule has 0 aliphatic rings. The van der Waals surface area contributed by atoms with E-state index in [1.165, 1.54) is 21.8 Å². The lowest BCUT2D eigenvalue weighted by atomic mass is 10.0. The van der Waals surface area contributed by atoms with Gasteiger partial charge in [0, 0.05) is 28.9 Å². The van der Waals surface area contributed by atoms with Crippen LogP contribution in [-0.2, 0) is 18.3 Å². The third kappa shape index (κ3) is 2.35. The predicted octanol–water partition coefficient (Wildman–Crippen LogP) is 4.63. The molecule has 0 fully saturated rings. The number of carboxylic acids is 1. The van der Waals surface area contributed by atoms with Gasteiger partial charge in [-0.1, -0.05) is 54.6 Å². The van der Waals surface area contributed by atoms with Crippen LogP contribution < -0.4 is 0 Å². The maximum absolute atomic E-state index is 10.8. The van der Waals surface area contributed by atoms with Crippen molar-refractivity contribution in [1.82, 2.24) is 4.57 Å². The van der Waals surface area contributed by atoms with Crippen LogP contribution in [0.5, 0.6) is 0 Å². The summed E-state index contributed by atoms with van der Waals surface area (Å²) < 4.78 is 2.22. The molecule has 1 aromatic heterocycles. The number of para-hydroxylation sites is 1. The maximum atomic E-state index is 10.8. The molecule has 0 saturated heterocycles. The van der Waals surface area contributed by atoms with Gasteiger partial charge in [0.15, 0.2) is 0 Å². The fourth-order valence-corrected chi connectivity index (χ4v) is 3.33. The van der Waals surface area contributed by atoms with Gasteiger partial charge in [0.05, 0.1) is 6.42 Å². The molecule has 1 N–H and O–H groups in total. The van der Waals surface area contributed by atoms with Gasteiger partial charge >= 0.3 is 5.97 Å². The number of fused-ring (bicyclic) bond motifs is 3. The van der Waals surface area contributed by atoms with Crippen molar-refractivity contribution < 1.29 is 9.90 Å². The van der Waals surface area contributed by atoms with Crippen LogP contribution in [0.3, 0.4) is 0 Å². The zero-order valence-corrected chi connectivity index (χ0v) is 13.4. The van der Waals surface area contributed by atoms with Crippen LogP contribution in [0, 0.1) is 0 Å². The zero-order valence-electron chi connectivity index (χ0n) is 13.4. The van der Waals surface area contributed by atoms with Crippen LogP contribution in [0.1, 0.15) is 5.56 Å². The number of hydrogen-bond acceptors (Lipinski definition) is 1. The van der Waals surface area contributed by atoms with Gasteiger partial charge in [-0.15, -0.1) is 0 Å². The molecule has 24 heavy (non-hydrogen) atoms. The van der Waals surface area contributed by atoms with E-state index in [9.17, 15) is 4.79 Å². The molecule has 1 heterocycles. The quantitative estimate of drug-likeness (QED) is 0.599. The standard InChI is InChI=1S/C21H17NO2/c1-22-19-5-3-2-4-17(19)18-11-10-16(13-20(18)22)15-8-6-14(7-9-15)12-21(23)24/h2-11,13H,12H2,1H3,(H,23,24). The highest BCUT2D eigenvalue weighted by Crippen LogP contribution is 2.31. The Hall–Kier alpha value is -3.07. The number of benzene rings is 3. The summed E-state index contributed by atoms with van der Waals surface area (Å²) >= 11 is 0. The number of carboxylic acid groups (broad SMARTS) is 1. The summed E-state index contributed by atoms with van der Waals surface area (Å²) in [6, 6.07) is 22.6. The van der Waals surface area contributed by atoms with E-state index in [4.69, 9.17) is 5.11 Å². The molecule has 0 radical (unpaired) electrons. The molecule has 118 valence electrons. The van der Waals surface area contributed by atoms with Gasteiger partial charge in [-0.3, -0.25) is 4.79 Å². The fourth-order valence-electron chi connectivity index (χ4n) is 3.33. The minimum atomic E-state index is -0.806. The molecule has 0 amide bonds. The van der Waals surface area contributed by atoms with Gasteiger partial charge in [0.1, 0.15) is 0 Å². The summed E-state index contributed by atoms with van der Waals surface area (Å²) in [5.74, 6) is -0.806. The SMILES string of the molecule is Cn1c2ccccc2c2ccc(-c3ccc(CC(=O)O)cc3)cc21. The number of rotatable bonds is 3. The Morgan fingerprint density at radius 3 is 2.29 bits per heavy atom. The van der Waals surface area contributed by atoms with E-state index in [0.29, 0.717) is 0 Å². The van der Waals surface area contributed by atoms with Crippen LogP contribution in [0.15, 0.2) is 66.7 Å². The van der Waals surface area contributed by atoms with Crippen LogP contribution in [0.25, 0.3) is 32.9 Å². The second kappa shape index (κ2) is 5.53. The monoisotopic (exact) mass is 315 g/mol. The smallest absolute Gasteiger partial charge is 0.307 e. The third-order valence-corrected chi connectivity index (χ3v) is 4.56. The molecule has 3 aromatic carbocycles. The first-order chi connectivity index (χ1) is 11.6. The molecule has 0 atom stereocenters. The molecule has 0 aliphatic carbocycles. The molecule has 4 rings (SSSR count). The molecule has 0 spiro atoms. The summed E-state index contributed by atoms with van der Waals surface area (Å²) in [6.07, 6.45) is 0.0581. The second-order valence-corrected chi connectivity index (χ2v) is 6.08. The highest BCUT2D eigenvalue weighted by atomic mass is 16.4. The highest BCUT2D eigenvalue weighted by Gasteiger charge is 2.09. The number of aromatic nitrogens is 1. The van der Waals surface area contributed by atoms with Crippen molar-refractivity contribution in [2.75, 3.05) is 0 Å². The normalized spacial score (nSPS) is 11.2. The van der Waals surface area contributed by atoms with E-state index in [2.05, 4.69) is 54.1 Å². The Labute approximate surface area is 139 Å². The molecular formula is C21H17NO2. The van der Waals surface area contributed by atoms with Crippen LogP contribution >= 0.6 is 0 Å². The van der Waals surface area contributed by atoms with Gasteiger partial charge in [0.25, 0.3) is 0 Å². The van der Waals surface area contributed by atoms with E-state index in [-0.39, 0.29) is 6.42 Å². The highest BCUT2D eigenvalue weighted by molar-refractivity contribution is 6.08. The van der Waals surface area contributed by atoms with E-state index in [0.717, 1.165) is 16.7 Å².